The molecule has 0 heterocycles. The lowest BCUT2D eigenvalue weighted by Crippen LogP contribution is -2.20. The van der Waals surface area contributed by atoms with Crippen molar-refractivity contribution >= 4 is 5.97 Å². The van der Waals surface area contributed by atoms with Crippen molar-refractivity contribution in [2.75, 3.05) is 0 Å². The van der Waals surface area contributed by atoms with Gasteiger partial charge in [0.05, 0.1) is 0 Å². The molecule has 6 N–H and O–H groups in total. The highest BCUT2D eigenvalue weighted by Gasteiger charge is 2.21. The molecule has 1 aromatic carbocycles. The van der Waals surface area contributed by atoms with Crippen molar-refractivity contribution in [2.24, 2.45) is 5.73 Å². The van der Waals surface area contributed by atoms with Gasteiger partial charge in [-0.15, -0.1) is 0 Å². The van der Waals surface area contributed by atoms with Crippen LogP contribution in [-0.4, -0.2) is 26.4 Å². The first kappa shape index (κ1) is 10.1. The quantitative estimate of drug-likeness (QED) is 0.423. The summed E-state index contributed by atoms with van der Waals surface area (Å²) in [4.78, 5) is 10.5. The molecule has 14 heavy (non-hydrogen) atoms. The maximum atomic E-state index is 10.5. The number of phenolic OH excluding ortho intramolecular Hbond substituents is 3. The minimum atomic E-state index is -1.44. The summed E-state index contributed by atoms with van der Waals surface area (Å²) < 4.78 is 0. The summed E-state index contributed by atoms with van der Waals surface area (Å²) in [5.41, 5.74) is 5.05. The van der Waals surface area contributed by atoms with E-state index in [4.69, 9.17) is 21.1 Å². The van der Waals surface area contributed by atoms with Crippen LogP contribution in [0.5, 0.6) is 17.2 Å². The molecular formula is C8H9NO5. The van der Waals surface area contributed by atoms with Gasteiger partial charge in [-0.25, -0.2) is 0 Å². The van der Waals surface area contributed by atoms with Gasteiger partial charge in [-0.2, -0.15) is 0 Å². The lowest BCUT2D eigenvalue weighted by molar-refractivity contribution is -0.138. The molecule has 1 atom stereocenters. The number of aliphatic carboxylic acids is 1. The second-order valence-electron chi connectivity index (χ2n) is 2.69. The first-order chi connectivity index (χ1) is 6.45. The number of carboxylic acid groups (broad SMARTS) is 1. The molecule has 0 aliphatic rings. The third-order valence-corrected chi connectivity index (χ3v) is 1.76. The molecule has 1 rings (SSSR count). The summed E-state index contributed by atoms with van der Waals surface area (Å²) in [5.74, 6) is -3.38. The van der Waals surface area contributed by atoms with Crippen LogP contribution in [0.4, 0.5) is 0 Å². The molecule has 0 spiro atoms. The SMILES string of the molecule is NC(C(=O)O)c1ccc(O)c(O)c1O. The summed E-state index contributed by atoms with van der Waals surface area (Å²) in [7, 11) is 0. The maximum absolute atomic E-state index is 10.5. The minimum absolute atomic E-state index is 0.159. The van der Waals surface area contributed by atoms with Crippen LogP contribution in [0.15, 0.2) is 12.1 Å². The molecule has 1 aromatic rings. The molecular weight excluding hydrogens is 190 g/mol. The van der Waals surface area contributed by atoms with Crippen molar-refractivity contribution in [1.29, 1.82) is 0 Å². The molecule has 0 amide bonds. The van der Waals surface area contributed by atoms with Crippen LogP contribution in [0.1, 0.15) is 11.6 Å². The van der Waals surface area contributed by atoms with Crippen molar-refractivity contribution in [3.8, 4) is 17.2 Å². The van der Waals surface area contributed by atoms with E-state index in [0.29, 0.717) is 0 Å². The highest BCUT2D eigenvalue weighted by Crippen LogP contribution is 2.38. The molecule has 1 unspecified atom stereocenters. The molecule has 6 nitrogen and oxygen atoms in total. The topological polar surface area (TPSA) is 124 Å². The second-order valence-corrected chi connectivity index (χ2v) is 2.69. The van der Waals surface area contributed by atoms with E-state index in [0.717, 1.165) is 12.1 Å². The summed E-state index contributed by atoms with van der Waals surface area (Å²) in [6.45, 7) is 0. The normalized spacial score (nSPS) is 12.4. The molecule has 0 saturated carbocycles. The van der Waals surface area contributed by atoms with Crippen LogP contribution < -0.4 is 5.73 Å². The van der Waals surface area contributed by atoms with Crippen molar-refractivity contribution in [2.45, 2.75) is 6.04 Å². The molecule has 0 fully saturated rings. The van der Waals surface area contributed by atoms with Gasteiger partial charge in [0.2, 0.25) is 5.75 Å². The van der Waals surface area contributed by atoms with Gasteiger partial charge < -0.3 is 26.2 Å². The van der Waals surface area contributed by atoms with Gasteiger partial charge in [-0.1, -0.05) is 0 Å². The highest BCUT2D eigenvalue weighted by molar-refractivity contribution is 5.77. The third-order valence-electron chi connectivity index (χ3n) is 1.76. The van der Waals surface area contributed by atoms with Crippen molar-refractivity contribution < 1.29 is 25.2 Å². The largest absolute Gasteiger partial charge is 0.504 e. The molecule has 6 heteroatoms. The Morgan fingerprint density at radius 2 is 1.79 bits per heavy atom. The molecule has 0 saturated heterocycles. The van der Waals surface area contributed by atoms with E-state index in [1.807, 2.05) is 0 Å². The van der Waals surface area contributed by atoms with Crippen molar-refractivity contribution in [3.63, 3.8) is 0 Å². The number of phenols is 3. The molecule has 0 bridgehead atoms. The van der Waals surface area contributed by atoms with Crippen molar-refractivity contribution in [1.82, 2.24) is 0 Å². The van der Waals surface area contributed by atoms with E-state index in [1.165, 1.54) is 0 Å². The predicted octanol–water partition coefficient (Wildman–Crippen LogP) is -0.112. The fourth-order valence-corrected chi connectivity index (χ4v) is 0.969. The van der Waals surface area contributed by atoms with Gasteiger partial charge in [-0.05, 0) is 12.1 Å². The number of carboxylic acids is 1. The summed E-state index contributed by atoms with van der Waals surface area (Å²) in [6.07, 6.45) is 0. The summed E-state index contributed by atoms with van der Waals surface area (Å²) in [6, 6.07) is 0.734. The number of aromatic hydroxyl groups is 3. The first-order valence-electron chi connectivity index (χ1n) is 3.67. The van der Waals surface area contributed by atoms with E-state index in [9.17, 15) is 9.90 Å². The summed E-state index contributed by atoms with van der Waals surface area (Å²) >= 11 is 0. The van der Waals surface area contributed by atoms with Crippen molar-refractivity contribution in [3.05, 3.63) is 17.7 Å². The number of carbonyl (C=O) groups is 1. The number of hydrogen-bond acceptors (Lipinski definition) is 5. The average Bonchev–Trinajstić information content (AvgIpc) is 2.13. The molecule has 0 radical (unpaired) electrons. The Morgan fingerprint density at radius 1 is 1.21 bits per heavy atom. The van der Waals surface area contributed by atoms with Gasteiger partial charge in [0.1, 0.15) is 6.04 Å². The van der Waals surface area contributed by atoms with Crippen LogP contribution in [0.25, 0.3) is 0 Å². The number of rotatable bonds is 2. The predicted molar refractivity (Wildman–Crippen MR) is 46.0 cm³/mol. The number of benzene rings is 1. The highest BCUT2D eigenvalue weighted by atomic mass is 16.4. The second kappa shape index (κ2) is 3.43. The Labute approximate surface area is 78.8 Å². The Bertz CT molecular complexity index is 376. The Hall–Kier alpha value is -1.95. The molecule has 0 aliphatic carbocycles. The van der Waals surface area contributed by atoms with E-state index in [-0.39, 0.29) is 5.56 Å². The maximum Gasteiger partial charge on any atom is 0.325 e. The first-order valence-corrected chi connectivity index (χ1v) is 3.67. The van der Waals surface area contributed by atoms with Crippen LogP contribution in [0, 0.1) is 0 Å². The van der Waals surface area contributed by atoms with Gasteiger partial charge in [-0.3, -0.25) is 4.79 Å². The van der Waals surface area contributed by atoms with E-state index in [1.54, 1.807) is 0 Å². The van der Waals surface area contributed by atoms with Crippen LogP contribution in [0.2, 0.25) is 0 Å². The van der Waals surface area contributed by atoms with Gasteiger partial charge >= 0.3 is 5.97 Å². The van der Waals surface area contributed by atoms with Crippen LogP contribution in [-0.2, 0) is 4.79 Å². The molecule has 76 valence electrons. The van der Waals surface area contributed by atoms with E-state index >= 15 is 0 Å². The minimum Gasteiger partial charge on any atom is -0.504 e. The van der Waals surface area contributed by atoms with Gasteiger partial charge in [0, 0.05) is 5.56 Å². The monoisotopic (exact) mass is 199 g/mol. The number of hydrogen-bond donors (Lipinski definition) is 5. The number of nitrogens with two attached hydrogens (primary N) is 1. The van der Waals surface area contributed by atoms with E-state index in [2.05, 4.69) is 0 Å². The Kier molecular flexibility index (Phi) is 2.48. The lowest BCUT2D eigenvalue weighted by Gasteiger charge is -2.10. The summed E-state index contributed by atoms with van der Waals surface area (Å²) in [5, 5.41) is 35.8. The lowest BCUT2D eigenvalue weighted by atomic mass is 10.1. The van der Waals surface area contributed by atoms with Gasteiger partial charge in [0.15, 0.2) is 11.5 Å². The standard InChI is InChI=1S/C8H9NO5/c9-5(8(13)14)3-1-2-4(10)7(12)6(3)11/h1-2,5,10-12H,9H2,(H,13,14). The molecule has 0 aromatic heterocycles. The van der Waals surface area contributed by atoms with Gasteiger partial charge in [0.25, 0.3) is 0 Å². The van der Waals surface area contributed by atoms with Crippen LogP contribution in [0.3, 0.4) is 0 Å². The molecule has 0 aliphatic heterocycles. The Balaban J connectivity index is 3.24. The average molecular weight is 199 g/mol. The van der Waals surface area contributed by atoms with E-state index < -0.39 is 29.3 Å². The smallest absolute Gasteiger partial charge is 0.325 e. The Morgan fingerprint density at radius 3 is 2.29 bits per heavy atom. The third kappa shape index (κ3) is 1.55. The zero-order chi connectivity index (χ0) is 10.9. The fourth-order valence-electron chi connectivity index (χ4n) is 0.969. The zero-order valence-electron chi connectivity index (χ0n) is 7.01. The zero-order valence-corrected chi connectivity index (χ0v) is 7.01. The van der Waals surface area contributed by atoms with Crippen LogP contribution >= 0.6 is 0 Å². The fraction of sp³-hybridized carbons (Fsp3) is 0.125.